The summed E-state index contributed by atoms with van der Waals surface area (Å²) in [6, 6.07) is 1.74. The molecule has 0 atom stereocenters. The molecule has 2 aromatic heterocycles. The van der Waals surface area contributed by atoms with Crippen LogP contribution in [0.15, 0.2) is 24.8 Å². The zero-order chi connectivity index (χ0) is 12.4. The summed E-state index contributed by atoms with van der Waals surface area (Å²) in [6.45, 7) is 1.58. The average Bonchev–Trinajstić information content (AvgIpc) is 2.47. The Hall–Kier alpha value is -2.24. The van der Waals surface area contributed by atoms with Gasteiger partial charge in [0.05, 0.1) is 19.3 Å². The van der Waals surface area contributed by atoms with E-state index in [4.69, 9.17) is 4.74 Å². The maximum atomic E-state index is 5.11. The Kier molecular flexibility index (Phi) is 2.76. The van der Waals surface area contributed by atoms with Crippen molar-refractivity contribution in [2.45, 2.75) is 13.0 Å². The van der Waals surface area contributed by atoms with Gasteiger partial charge in [-0.25, -0.2) is 15.0 Å². The highest BCUT2D eigenvalue weighted by molar-refractivity contribution is 5.37. The molecule has 0 N–H and O–H groups in total. The third kappa shape index (κ3) is 1.97. The first-order valence-electron chi connectivity index (χ1n) is 5.76. The first-order chi connectivity index (χ1) is 8.86. The van der Waals surface area contributed by atoms with Crippen molar-refractivity contribution >= 4 is 5.95 Å². The van der Waals surface area contributed by atoms with Gasteiger partial charge in [0, 0.05) is 25.0 Å². The molecule has 0 unspecified atom stereocenters. The predicted molar refractivity (Wildman–Crippen MR) is 65.4 cm³/mol. The number of ether oxygens (including phenoxy) is 1. The van der Waals surface area contributed by atoms with Crippen LogP contribution in [0.25, 0.3) is 0 Å². The number of anilines is 1. The number of nitrogens with zero attached hydrogens (tertiary/aromatic N) is 5. The van der Waals surface area contributed by atoms with Crippen molar-refractivity contribution < 1.29 is 4.74 Å². The van der Waals surface area contributed by atoms with E-state index in [0.29, 0.717) is 18.4 Å². The molecular weight excluding hydrogens is 230 g/mol. The second kappa shape index (κ2) is 4.56. The largest absolute Gasteiger partial charge is 0.481 e. The molecule has 3 rings (SSSR count). The molecule has 0 bridgehead atoms. The molecule has 3 heterocycles. The van der Waals surface area contributed by atoms with Gasteiger partial charge in [-0.15, -0.1) is 0 Å². The summed E-state index contributed by atoms with van der Waals surface area (Å²) < 4.78 is 5.11. The quantitative estimate of drug-likeness (QED) is 0.778. The molecular formula is C12H13N5O. The summed E-state index contributed by atoms with van der Waals surface area (Å²) >= 11 is 0. The van der Waals surface area contributed by atoms with Gasteiger partial charge in [0.25, 0.3) is 0 Å². The molecule has 1 aliphatic heterocycles. The van der Waals surface area contributed by atoms with Crippen LogP contribution >= 0.6 is 0 Å². The normalized spacial score (nSPS) is 14.2. The number of hydrogen-bond donors (Lipinski definition) is 0. The number of methoxy groups -OCH3 is 1. The molecule has 0 radical (unpaired) electrons. The van der Waals surface area contributed by atoms with Crippen molar-refractivity contribution in [3.05, 3.63) is 36.0 Å². The van der Waals surface area contributed by atoms with Crippen LogP contribution in [0.2, 0.25) is 0 Å². The molecule has 0 saturated heterocycles. The van der Waals surface area contributed by atoms with Crippen LogP contribution < -0.4 is 9.64 Å². The zero-order valence-electron chi connectivity index (χ0n) is 10.1. The molecule has 0 saturated carbocycles. The van der Waals surface area contributed by atoms with Gasteiger partial charge in [-0.05, 0) is 12.0 Å². The van der Waals surface area contributed by atoms with E-state index >= 15 is 0 Å². The number of aromatic nitrogens is 4. The van der Waals surface area contributed by atoms with Crippen LogP contribution in [0, 0.1) is 0 Å². The van der Waals surface area contributed by atoms with Crippen molar-refractivity contribution in [2.24, 2.45) is 0 Å². The van der Waals surface area contributed by atoms with Crippen molar-refractivity contribution in [1.82, 2.24) is 19.9 Å². The Morgan fingerprint density at radius 3 is 3.17 bits per heavy atom. The summed E-state index contributed by atoms with van der Waals surface area (Å²) in [5.74, 6) is 1.26. The monoisotopic (exact) mass is 243 g/mol. The summed E-state index contributed by atoms with van der Waals surface area (Å²) in [5, 5.41) is 0. The van der Waals surface area contributed by atoms with E-state index in [1.54, 1.807) is 25.7 Å². The first kappa shape index (κ1) is 10.9. The molecule has 2 aromatic rings. The standard InChI is InChI=1S/C12H13N5O/c1-18-11-2-4-14-12(16-11)17-5-3-9-6-13-8-15-10(9)7-17/h2,4,6,8H,3,5,7H2,1H3. The lowest BCUT2D eigenvalue weighted by atomic mass is 10.1. The van der Waals surface area contributed by atoms with Crippen LogP contribution in [-0.2, 0) is 13.0 Å². The van der Waals surface area contributed by atoms with Crippen molar-refractivity contribution in [1.29, 1.82) is 0 Å². The van der Waals surface area contributed by atoms with Crippen LogP contribution in [0.3, 0.4) is 0 Å². The van der Waals surface area contributed by atoms with Crippen LogP contribution in [0.5, 0.6) is 5.88 Å². The minimum Gasteiger partial charge on any atom is -0.481 e. The molecule has 0 amide bonds. The van der Waals surface area contributed by atoms with Crippen LogP contribution in [0.4, 0.5) is 5.95 Å². The smallest absolute Gasteiger partial charge is 0.228 e. The van der Waals surface area contributed by atoms with Gasteiger partial charge < -0.3 is 9.64 Å². The lowest BCUT2D eigenvalue weighted by Crippen LogP contribution is -2.32. The fourth-order valence-electron chi connectivity index (χ4n) is 2.02. The Labute approximate surface area is 105 Å². The molecule has 0 aromatic carbocycles. The van der Waals surface area contributed by atoms with Gasteiger partial charge in [-0.1, -0.05) is 0 Å². The zero-order valence-corrected chi connectivity index (χ0v) is 10.1. The molecule has 0 spiro atoms. The minimum atomic E-state index is 0.577. The summed E-state index contributed by atoms with van der Waals surface area (Å²) in [6.07, 6.45) is 6.08. The van der Waals surface area contributed by atoms with Crippen LogP contribution in [0.1, 0.15) is 11.3 Å². The van der Waals surface area contributed by atoms with E-state index in [1.165, 1.54) is 5.56 Å². The maximum absolute atomic E-state index is 5.11. The molecule has 18 heavy (non-hydrogen) atoms. The average molecular weight is 243 g/mol. The number of fused-ring (bicyclic) bond motifs is 1. The molecule has 6 heteroatoms. The summed E-state index contributed by atoms with van der Waals surface area (Å²) in [7, 11) is 1.60. The third-order valence-corrected chi connectivity index (χ3v) is 2.98. The van der Waals surface area contributed by atoms with Crippen molar-refractivity contribution in [2.75, 3.05) is 18.6 Å². The Morgan fingerprint density at radius 2 is 2.28 bits per heavy atom. The number of hydrogen-bond acceptors (Lipinski definition) is 6. The lowest BCUT2D eigenvalue weighted by molar-refractivity contribution is 0.396. The van der Waals surface area contributed by atoms with Gasteiger partial charge in [0.15, 0.2) is 0 Å². The topological polar surface area (TPSA) is 64.0 Å². The SMILES string of the molecule is COc1ccnc(N2CCc3cncnc3C2)n1. The van der Waals surface area contributed by atoms with E-state index in [2.05, 4.69) is 24.8 Å². The maximum Gasteiger partial charge on any atom is 0.228 e. The second-order valence-corrected chi connectivity index (χ2v) is 4.07. The fourth-order valence-corrected chi connectivity index (χ4v) is 2.02. The predicted octanol–water partition coefficient (Wildman–Crippen LogP) is 0.838. The van der Waals surface area contributed by atoms with E-state index < -0.39 is 0 Å². The second-order valence-electron chi connectivity index (χ2n) is 4.07. The van der Waals surface area contributed by atoms with E-state index in [1.807, 2.05) is 6.20 Å². The Bertz CT molecular complexity index is 560. The third-order valence-electron chi connectivity index (χ3n) is 2.98. The highest BCUT2D eigenvalue weighted by Crippen LogP contribution is 2.20. The summed E-state index contributed by atoms with van der Waals surface area (Å²) in [4.78, 5) is 19.0. The van der Waals surface area contributed by atoms with Gasteiger partial charge in [0.2, 0.25) is 11.8 Å². The highest BCUT2D eigenvalue weighted by atomic mass is 16.5. The molecule has 0 aliphatic carbocycles. The van der Waals surface area contributed by atoms with Gasteiger partial charge in [0.1, 0.15) is 6.33 Å². The minimum absolute atomic E-state index is 0.577. The molecule has 6 nitrogen and oxygen atoms in total. The van der Waals surface area contributed by atoms with E-state index in [0.717, 1.165) is 18.7 Å². The highest BCUT2D eigenvalue weighted by Gasteiger charge is 2.19. The first-order valence-corrected chi connectivity index (χ1v) is 5.76. The Balaban J connectivity index is 1.87. The van der Waals surface area contributed by atoms with Gasteiger partial charge in [-0.2, -0.15) is 4.98 Å². The van der Waals surface area contributed by atoms with E-state index in [-0.39, 0.29) is 0 Å². The van der Waals surface area contributed by atoms with Crippen LogP contribution in [-0.4, -0.2) is 33.6 Å². The van der Waals surface area contributed by atoms with Gasteiger partial charge in [-0.3, -0.25) is 0 Å². The fraction of sp³-hybridized carbons (Fsp3) is 0.333. The van der Waals surface area contributed by atoms with Crippen molar-refractivity contribution in [3.63, 3.8) is 0 Å². The summed E-state index contributed by atoms with van der Waals surface area (Å²) in [5.41, 5.74) is 2.25. The van der Waals surface area contributed by atoms with Crippen molar-refractivity contribution in [3.8, 4) is 5.88 Å². The van der Waals surface area contributed by atoms with E-state index in [9.17, 15) is 0 Å². The molecule has 0 fully saturated rings. The molecule has 92 valence electrons. The lowest BCUT2D eigenvalue weighted by Gasteiger charge is -2.27. The Morgan fingerprint density at radius 1 is 1.33 bits per heavy atom. The molecule has 1 aliphatic rings. The number of rotatable bonds is 2. The van der Waals surface area contributed by atoms with Gasteiger partial charge >= 0.3 is 0 Å².